The Kier molecular flexibility index (Phi) is 3.77. The minimum atomic E-state index is 0.437. The first-order valence-corrected chi connectivity index (χ1v) is 7.56. The predicted octanol–water partition coefficient (Wildman–Crippen LogP) is 1.97. The van der Waals surface area contributed by atoms with Crippen molar-refractivity contribution in [1.29, 1.82) is 0 Å². The van der Waals surface area contributed by atoms with Crippen molar-refractivity contribution in [2.45, 2.75) is 39.2 Å². The third-order valence-corrected chi connectivity index (χ3v) is 4.03. The Bertz CT molecular complexity index is 612. The highest BCUT2D eigenvalue weighted by Crippen LogP contribution is 2.25. The van der Waals surface area contributed by atoms with Gasteiger partial charge in [0.1, 0.15) is 17.5 Å². The van der Waals surface area contributed by atoms with Gasteiger partial charge in [0.05, 0.1) is 6.04 Å². The van der Waals surface area contributed by atoms with Gasteiger partial charge < -0.3 is 10.6 Å². The normalized spacial score (nSPS) is 16.4. The lowest BCUT2D eigenvalue weighted by Gasteiger charge is -2.33. The van der Waals surface area contributed by atoms with Crippen molar-refractivity contribution in [3.8, 4) is 0 Å². The van der Waals surface area contributed by atoms with E-state index in [4.69, 9.17) is 5.73 Å². The molecule has 2 N–H and O–H groups in total. The fourth-order valence-electron chi connectivity index (χ4n) is 2.87. The zero-order valence-corrected chi connectivity index (χ0v) is 12.7. The molecule has 1 aliphatic heterocycles. The Balaban J connectivity index is 1.69. The number of piperidine rings is 1. The largest absolute Gasteiger partial charge is 0.382 e. The zero-order chi connectivity index (χ0) is 14.8. The molecule has 0 amide bonds. The molecule has 6 nitrogen and oxygen atoms in total. The van der Waals surface area contributed by atoms with Gasteiger partial charge in [-0.3, -0.25) is 4.68 Å². The van der Waals surface area contributed by atoms with Crippen LogP contribution in [0.25, 0.3) is 0 Å². The number of aryl methyl sites for hydroxylation is 2. The SMILES string of the molecule is CCc1cc(N2CCC(n3ccc(N)n3)CC2)nc(C)n1. The average molecular weight is 286 g/mol. The third-order valence-electron chi connectivity index (χ3n) is 4.03. The van der Waals surface area contributed by atoms with Crippen molar-refractivity contribution in [3.63, 3.8) is 0 Å². The number of anilines is 2. The Morgan fingerprint density at radius 2 is 2.05 bits per heavy atom. The van der Waals surface area contributed by atoms with Crippen LogP contribution in [0.1, 0.15) is 37.3 Å². The second kappa shape index (κ2) is 5.71. The first-order chi connectivity index (χ1) is 10.2. The van der Waals surface area contributed by atoms with Crippen LogP contribution in [0.4, 0.5) is 11.6 Å². The van der Waals surface area contributed by atoms with Gasteiger partial charge in [-0.05, 0) is 32.3 Å². The van der Waals surface area contributed by atoms with E-state index in [1.807, 2.05) is 23.9 Å². The summed E-state index contributed by atoms with van der Waals surface area (Å²) in [6.45, 7) is 6.07. The summed E-state index contributed by atoms with van der Waals surface area (Å²) < 4.78 is 2.00. The fourth-order valence-corrected chi connectivity index (χ4v) is 2.87. The van der Waals surface area contributed by atoms with E-state index in [1.165, 1.54) is 0 Å². The van der Waals surface area contributed by atoms with Crippen LogP contribution in [0, 0.1) is 6.92 Å². The summed E-state index contributed by atoms with van der Waals surface area (Å²) in [5.41, 5.74) is 6.80. The highest BCUT2D eigenvalue weighted by Gasteiger charge is 2.22. The van der Waals surface area contributed by atoms with Crippen LogP contribution in [0.5, 0.6) is 0 Å². The number of hydrogen-bond acceptors (Lipinski definition) is 5. The van der Waals surface area contributed by atoms with E-state index >= 15 is 0 Å². The summed E-state index contributed by atoms with van der Waals surface area (Å²) in [6.07, 6.45) is 5.04. The Morgan fingerprint density at radius 3 is 2.67 bits per heavy atom. The van der Waals surface area contributed by atoms with E-state index in [2.05, 4.69) is 33.0 Å². The lowest BCUT2D eigenvalue weighted by molar-refractivity contribution is 0.366. The molecular formula is C15H22N6. The highest BCUT2D eigenvalue weighted by atomic mass is 15.3. The number of nitrogens with two attached hydrogens (primary N) is 1. The Morgan fingerprint density at radius 1 is 1.29 bits per heavy atom. The monoisotopic (exact) mass is 286 g/mol. The average Bonchev–Trinajstić information content (AvgIpc) is 2.93. The van der Waals surface area contributed by atoms with Gasteiger partial charge in [-0.15, -0.1) is 0 Å². The fraction of sp³-hybridized carbons (Fsp3) is 0.533. The highest BCUT2D eigenvalue weighted by molar-refractivity contribution is 5.40. The molecule has 3 heterocycles. The molecule has 0 aliphatic carbocycles. The quantitative estimate of drug-likeness (QED) is 0.934. The van der Waals surface area contributed by atoms with Crippen molar-refractivity contribution >= 4 is 11.6 Å². The molecule has 0 saturated carbocycles. The first kappa shape index (κ1) is 13.9. The zero-order valence-electron chi connectivity index (χ0n) is 12.7. The second-order valence-electron chi connectivity index (χ2n) is 5.56. The van der Waals surface area contributed by atoms with E-state index in [9.17, 15) is 0 Å². The number of hydrogen-bond donors (Lipinski definition) is 1. The van der Waals surface area contributed by atoms with Crippen molar-refractivity contribution in [2.75, 3.05) is 23.7 Å². The second-order valence-corrected chi connectivity index (χ2v) is 5.56. The summed E-state index contributed by atoms with van der Waals surface area (Å²) >= 11 is 0. The molecule has 3 rings (SSSR count). The Hall–Kier alpha value is -2.11. The van der Waals surface area contributed by atoms with Crippen molar-refractivity contribution < 1.29 is 0 Å². The van der Waals surface area contributed by atoms with Crippen LogP contribution < -0.4 is 10.6 Å². The summed E-state index contributed by atoms with van der Waals surface area (Å²) in [4.78, 5) is 11.4. The van der Waals surface area contributed by atoms with Crippen LogP contribution in [0.15, 0.2) is 18.3 Å². The molecule has 2 aromatic heterocycles. The van der Waals surface area contributed by atoms with Crippen LogP contribution in [-0.4, -0.2) is 32.8 Å². The molecule has 112 valence electrons. The maximum Gasteiger partial charge on any atom is 0.145 e. The van der Waals surface area contributed by atoms with E-state index < -0.39 is 0 Å². The van der Waals surface area contributed by atoms with Gasteiger partial charge >= 0.3 is 0 Å². The van der Waals surface area contributed by atoms with Gasteiger partial charge in [-0.1, -0.05) is 6.92 Å². The summed E-state index contributed by atoms with van der Waals surface area (Å²) in [5, 5.41) is 4.32. The van der Waals surface area contributed by atoms with Crippen molar-refractivity contribution in [1.82, 2.24) is 19.7 Å². The van der Waals surface area contributed by atoms with Crippen LogP contribution >= 0.6 is 0 Å². The summed E-state index contributed by atoms with van der Waals surface area (Å²) in [6, 6.07) is 4.40. The molecule has 0 radical (unpaired) electrons. The van der Waals surface area contributed by atoms with Crippen molar-refractivity contribution in [3.05, 3.63) is 29.8 Å². The van der Waals surface area contributed by atoms with E-state index in [-0.39, 0.29) is 0 Å². The molecule has 0 atom stereocenters. The van der Waals surface area contributed by atoms with Gasteiger partial charge in [0.25, 0.3) is 0 Å². The predicted molar refractivity (Wildman–Crippen MR) is 83.3 cm³/mol. The van der Waals surface area contributed by atoms with Gasteiger partial charge in [-0.25, -0.2) is 9.97 Å². The minimum absolute atomic E-state index is 0.437. The molecule has 1 aliphatic rings. The van der Waals surface area contributed by atoms with Gasteiger partial charge in [-0.2, -0.15) is 5.10 Å². The summed E-state index contributed by atoms with van der Waals surface area (Å²) in [7, 11) is 0. The lowest BCUT2D eigenvalue weighted by Crippen LogP contribution is -2.35. The molecule has 1 saturated heterocycles. The van der Waals surface area contributed by atoms with Gasteiger partial charge in [0, 0.05) is 31.0 Å². The molecule has 0 spiro atoms. The maximum atomic E-state index is 5.69. The first-order valence-electron chi connectivity index (χ1n) is 7.56. The molecular weight excluding hydrogens is 264 g/mol. The number of nitrogen functional groups attached to an aromatic ring is 1. The molecule has 6 heteroatoms. The summed E-state index contributed by atoms with van der Waals surface area (Å²) in [5.74, 6) is 2.50. The van der Waals surface area contributed by atoms with E-state index in [0.29, 0.717) is 11.9 Å². The van der Waals surface area contributed by atoms with E-state index in [1.54, 1.807) is 0 Å². The number of aromatic nitrogens is 4. The van der Waals surface area contributed by atoms with Gasteiger partial charge in [0.2, 0.25) is 0 Å². The van der Waals surface area contributed by atoms with Crippen LogP contribution in [0.2, 0.25) is 0 Å². The topological polar surface area (TPSA) is 72.9 Å². The van der Waals surface area contributed by atoms with Crippen LogP contribution in [-0.2, 0) is 6.42 Å². The third kappa shape index (κ3) is 2.99. The number of nitrogens with zero attached hydrogens (tertiary/aromatic N) is 5. The number of rotatable bonds is 3. The standard InChI is InChI=1S/C15H22N6/c1-3-12-10-15(18-11(2)17-12)20-7-4-13(5-8-20)21-9-6-14(16)19-21/h6,9-10,13H,3-5,7-8H2,1-2H3,(H2,16,19). The minimum Gasteiger partial charge on any atom is -0.382 e. The van der Waals surface area contributed by atoms with Crippen molar-refractivity contribution in [2.24, 2.45) is 0 Å². The molecule has 0 bridgehead atoms. The van der Waals surface area contributed by atoms with E-state index in [0.717, 1.165) is 49.7 Å². The maximum absolute atomic E-state index is 5.69. The smallest absolute Gasteiger partial charge is 0.145 e. The van der Waals surface area contributed by atoms with Gasteiger partial charge in [0.15, 0.2) is 0 Å². The molecule has 0 unspecified atom stereocenters. The molecule has 2 aromatic rings. The van der Waals surface area contributed by atoms with Crippen LogP contribution in [0.3, 0.4) is 0 Å². The molecule has 1 fully saturated rings. The molecule has 0 aromatic carbocycles. The Labute approximate surface area is 125 Å². The lowest BCUT2D eigenvalue weighted by atomic mass is 10.1. The molecule has 21 heavy (non-hydrogen) atoms.